The van der Waals surface area contributed by atoms with Crippen LogP contribution in [0, 0.1) is 0 Å². The fourth-order valence-electron chi connectivity index (χ4n) is 3.24. The van der Waals surface area contributed by atoms with Crippen molar-refractivity contribution in [3.8, 4) is 0 Å². The van der Waals surface area contributed by atoms with E-state index in [1.807, 2.05) is 6.92 Å². The summed E-state index contributed by atoms with van der Waals surface area (Å²) < 4.78 is 32.8. The first kappa shape index (κ1) is 30.9. The van der Waals surface area contributed by atoms with Crippen LogP contribution in [-0.2, 0) is 26.0 Å². The zero-order valence-electron chi connectivity index (χ0n) is 21.9. The van der Waals surface area contributed by atoms with Crippen molar-refractivity contribution in [2.24, 2.45) is 5.73 Å². The van der Waals surface area contributed by atoms with Gasteiger partial charge in [0.05, 0.1) is 5.75 Å². The topological polar surface area (TPSA) is 157 Å². The number of rotatable bonds is 11. The quantitative estimate of drug-likeness (QED) is 0.240. The summed E-state index contributed by atoms with van der Waals surface area (Å²) >= 11 is 4.88. The molecule has 0 saturated heterocycles. The highest BCUT2D eigenvalue weighted by Crippen LogP contribution is 2.15. The van der Waals surface area contributed by atoms with Gasteiger partial charge in [0.1, 0.15) is 16.6 Å². The maximum Gasteiger partial charge on any atom is 0.326 e. The molecular formula is C26H34N4O6S2. The molecule has 12 heteroatoms. The lowest BCUT2D eigenvalue weighted by Gasteiger charge is -2.24. The van der Waals surface area contributed by atoms with Crippen LogP contribution in [-0.4, -0.2) is 48.7 Å². The molecule has 206 valence electrons. The Labute approximate surface area is 228 Å². The molecule has 0 unspecified atom stereocenters. The maximum absolute atomic E-state index is 12.7. The van der Waals surface area contributed by atoms with Crippen LogP contribution >= 0.6 is 12.2 Å². The average molecular weight is 563 g/mol. The van der Waals surface area contributed by atoms with Gasteiger partial charge in [-0.25, -0.2) is 17.9 Å². The van der Waals surface area contributed by atoms with Crippen LogP contribution in [0.3, 0.4) is 0 Å². The number of esters is 1. The molecule has 5 N–H and O–H groups in total. The standard InChI is InChI=1S/C26H34N4O6S2/c1-5-6-15-38(34,35)30-21(24(32)36-26(2,3)4)16-17-7-13-20(14-8-17)28-25(33)29-23(31)19-11-9-18(10-12-19)22(27)37/h7-14,21,30H,5-6,15-16H2,1-4H3,(H2,27,37)(H2,28,29,31,33)/t21-/m0/s1. The molecule has 0 radical (unpaired) electrons. The van der Waals surface area contributed by atoms with Crippen LogP contribution in [0.1, 0.15) is 62.0 Å². The summed E-state index contributed by atoms with van der Waals surface area (Å²) in [6.45, 7) is 6.99. The monoisotopic (exact) mass is 562 g/mol. The number of anilines is 1. The van der Waals surface area contributed by atoms with Crippen LogP contribution in [0.4, 0.5) is 10.5 Å². The SMILES string of the molecule is CCCCS(=O)(=O)N[C@@H](Cc1ccc(NC(=O)NC(=O)c2ccc(C(N)=S)cc2)cc1)C(=O)OC(C)(C)C. The van der Waals surface area contributed by atoms with E-state index in [0.29, 0.717) is 29.7 Å². The van der Waals surface area contributed by atoms with E-state index in [9.17, 15) is 22.8 Å². The average Bonchev–Trinajstić information content (AvgIpc) is 2.82. The maximum atomic E-state index is 12.7. The Balaban J connectivity index is 2.04. The third-order valence-corrected chi connectivity index (χ3v) is 6.80. The number of unbranched alkanes of at least 4 members (excludes halogenated alkanes) is 1. The minimum atomic E-state index is -3.69. The second-order valence-electron chi connectivity index (χ2n) is 9.63. The Morgan fingerprint density at radius 1 is 1.00 bits per heavy atom. The zero-order valence-corrected chi connectivity index (χ0v) is 23.5. The third-order valence-electron chi connectivity index (χ3n) is 5.09. The number of benzene rings is 2. The van der Waals surface area contributed by atoms with Crippen LogP contribution < -0.4 is 21.1 Å². The minimum absolute atomic E-state index is 0.0491. The molecule has 0 bridgehead atoms. The van der Waals surface area contributed by atoms with Crippen LogP contribution in [0.2, 0.25) is 0 Å². The van der Waals surface area contributed by atoms with Gasteiger partial charge < -0.3 is 15.8 Å². The normalized spacial score (nSPS) is 12.3. The highest BCUT2D eigenvalue weighted by Gasteiger charge is 2.29. The number of nitrogens with two attached hydrogens (primary N) is 1. The fraction of sp³-hybridized carbons (Fsp3) is 0.385. The summed E-state index contributed by atoms with van der Waals surface area (Å²) in [5.74, 6) is -1.38. The van der Waals surface area contributed by atoms with Crippen molar-refractivity contribution in [2.45, 2.75) is 58.6 Å². The molecule has 2 aromatic carbocycles. The summed E-state index contributed by atoms with van der Waals surface area (Å²) in [7, 11) is -3.69. The van der Waals surface area contributed by atoms with Gasteiger partial charge in [0.2, 0.25) is 10.0 Å². The second-order valence-corrected chi connectivity index (χ2v) is 11.9. The van der Waals surface area contributed by atoms with Crippen molar-refractivity contribution in [2.75, 3.05) is 11.1 Å². The van der Waals surface area contributed by atoms with E-state index in [-0.39, 0.29) is 22.7 Å². The summed E-state index contributed by atoms with van der Waals surface area (Å²) in [5.41, 5.74) is 6.63. The predicted molar refractivity (Wildman–Crippen MR) is 150 cm³/mol. The van der Waals surface area contributed by atoms with E-state index in [4.69, 9.17) is 22.7 Å². The Morgan fingerprint density at radius 2 is 1.58 bits per heavy atom. The number of carbonyl (C=O) groups is 3. The Morgan fingerprint density at radius 3 is 2.11 bits per heavy atom. The van der Waals surface area contributed by atoms with Gasteiger partial charge in [-0.2, -0.15) is 0 Å². The van der Waals surface area contributed by atoms with E-state index >= 15 is 0 Å². The van der Waals surface area contributed by atoms with Crippen LogP contribution in [0.25, 0.3) is 0 Å². The summed E-state index contributed by atoms with van der Waals surface area (Å²) in [6.07, 6.45) is 1.21. The predicted octanol–water partition coefficient (Wildman–Crippen LogP) is 3.26. The molecule has 0 heterocycles. The molecule has 0 aromatic heterocycles. The molecule has 0 aliphatic carbocycles. The molecule has 2 rings (SSSR count). The van der Waals surface area contributed by atoms with Crippen molar-refractivity contribution in [3.05, 3.63) is 65.2 Å². The minimum Gasteiger partial charge on any atom is -0.459 e. The molecule has 0 saturated carbocycles. The smallest absolute Gasteiger partial charge is 0.326 e. The summed E-state index contributed by atoms with van der Waals surface area (Å²) in [4.78, 5) is 37.5. The first-order chi connectivity index (χ1) is 17.7. The molecule has 2 aromatic rings. The highest BCUT2D eigenvalue weighted by molar-refractivity contribution is 7.89. The van der Waals surface area contributed by atoms with Gasteiger partial charge in [0.15, 0.2) is 0 Å². The number of sulfonamides is 1. The number of nitrogens with one attached hydrogen (secondary N) is 3. The number of carbonyl (C=O) groups excluding carboxylic acids is 3. The second kappa shape index (κ2) is 13.4. The lowest BCUT2D eigenvalue weighted by molar-refractivity contribution is -0.156. The highest BCUT2D eigenvalue weighted by atomic mass is 32.2. The number of imide groups is 1. The number of hydrogen-bond donors (Lipinski definition) is 4. The van der Waals surface area contributed by atoms with Crippen molar-refractivity contribution < 1.29 is 27.5 Å². The lowest BCUT2D eigenvalue weighted by atomic mass is 10.1. The summed E-state index contributed by atoms with van der Waals surface area (Å²) in [5, 5.41) is 4.78. The van der Waals surface area contributed by atoms with Gasteiger partial charge >= 0.3 is 12.0 Å². The van der Waals surface area contributed by atoms with E-state index < -0.39 is 39.6 Å². The van der Waals surface area contributed by atoms with Crippen molar-refractivity contribution in [1.29, 1.82) is 0 Å². The van der Waals surface area contributed by atoms with Gasteiger partial charge in [0.25, 0.3) is 5.91 Å². The number of thiocarbonyl (C=S) groups is 1. The molecule has 0 aliphatic rings. The van der Waals surface area contributed by atoms with Gasteiger partial charge in [-0.05, 0) is 63.4 Å². The Bertz CT molecular complexity index is 1250. The lowest BCUT2D eigenvalue weighted by Crippen LogP contribution is -2.46. The zero-order chi connectivity index (χ0) is 28.5. The number of amides is 3. The van der Waals surface area contributed by atoms with E-state index in [1.165, 1.54) is 12.1 Å². The van der Waals surface area contributed by atoms with Gasteiger partial charge in [-0.1, -0.05) is 49.8 Å². The molecule has 0 spiro atoms. The summed E-state index contributed by atoms with van der Waals surface area (Å²) in [6, 6.07) is 10.8. The number of ether oxygens (including phenoxy) is 1. The van der Waals surface area contributed by atoms with Crippen LogP contribution in [0.5, 0.6) is 0 Å². The van der Waals surface area contributed by atoms with Gasteiger partial charge in [-0.15, -0.1) is 0 Å². The van der Waals surface area contributed by atoms with E-state index in [0.717, 1.165) is 0 Å². The Hall–Kier alpha value is -3.35. The molecular weight excluding hydrogens is 528 g/mol. The van der Waals surface area contributed by atoms with Crippen molar-refractivity contribution in [1.82, 2.24) is 10.0 Å². The van der Waals surface area contributed by atoms with E-state index in [2.05, 4.69) is 15.4 Å². The molecule has 1 atom stereocenters. The largest absolute Gasteiger partial charge is 0.459 e. The number of hydrogen-bond acceptors (Lipinski definition) is 7. The molecule has 0 fully saturated rings. The Kier molecular flexibility index (Phi) is 10.9. The molecule has 3 amide bonds. The molecule has 10 nitrogen and oxygen atoms in total. The molecule has 38 heavy (non-hydrogen) atoms. The first-order valence-corrected chi connectivity index (χ1v) is 14.1. The first-order valence-electron chi connectivity index (χ1n) is 12.0. The van der Waals surface area contributed by atoms with Crippen molar-refractivity contribution >= 4 is 50.8 Å². The number of urea groups is 1. The van der Waals surface area contributed by atoms with Gasteiger partial charge in [0, 0.05) is 16.8 Å². The fourth-order valence-corrected chi connectivity index (χ4v) is 4.78. The van der Waals surface area contributed by atoms with E-state index in [1.54, 1.807) is 57.2 Å². The third kappa shape index (κ3) is 10.6. The van der Waals surface area contributed by atoms with Crippen LogP contribution in [0.15, 0.2) is 48.5 Å². The van der Waals surface area contributed by atoms with Crippen molar-refractivity contribution in [3.63, 3.8) is 0 Å². The van der Waals surface area contributed by atoms with Gasteiger partial charge in [-0.3, -0.25) is 14.9 Å². The molecule has 0 aliphatic heterocycles.